The molecule has 1 saturated heterocycles. The number of hydrogen-bond donors (Lipinski definition) is 1. The normalized spacial score (nSPS) is 19.9. The Hall–Kier alpha value is -2.51. The zero-order chi connectivity index (χ0) is 21.0. The van der Waals surface area contributed by atoms with Gasteiger partial charge in [-0.2, -0.15) is 0 Å². The minimum atomic E-state index is -1.21. The molecule has 5 rings (SSSR count). The lowest BCUT2D eigenvalue weighted by molar-refractivity contribution is 0.0694. The van der Waals surface area contributed by atoms with E-state index in [4.69, 9.17) is 21.1 Å². The summed E-state index contributed by atoms with van der Waals surface area (Å²) in [6.45, 7) is 1.12. The molecule has 158 valence electrons. The van der Waals surface area contributed by atoms with Crippen LogP contribution in [0, 0.1) is 0 Å². The number of rotatable bonds is 6. The van der Waals surface area contributed by atoms with Crippen molar-refractivity contribution in [3.63, 3.8) is 0 Å². The van der Waals surface area contributed by atoms with Crippen LogP contribution in [0.25, 0.3) is 11.3 Å². The second-order valence-electron chi connectivity index (χ2n) is 8.27. The van der Waals surface area contributed by atoms with E-state index in [0.717, 1.165) is 43.2 Å². The van der Waals surface area contributed by atoms with Crippen molar-refractivity contribution < 1.29 is 19.4 Å². The SMILES string of the molecule is COCCCOc1cc2c(cc1Cl)-c1cc(=O)c(C(=O)O)cn1N1[C@H]2CCC12CC2. The second kappa shape index (κ2) is 7.03. The summed E-state index contributed by atoms with van der Waals surface area (Å²) in [5.74, 6) is -0.583. The lowest BCUT2D eigenvalue weighted by atomic mass is 9.94. The van der Waals surface area contributed by atoms with Crippen molar-refractivity contribution in [3.05, 3.63) is 50.8 Å². The Kier molecular flexibility index (Phi) is 4.56. The zero-order valence-electron chi connectivity index (χ0n) is 16.7. The molecule has 2 aromatic rings. The van der Waals surface area contributed by atoms with Crippen LogP contribution in [-0.2, 0) is 4.74 Å². The number of carbonyl (C=O) groups is 1. The van der Waals surface area contributed by atoms with Crippen LogP contribution in [0.2, 0.25) is 5.02 Å². The Labute approximate surface area is 178 Å². The minimum Gasteiger partial charge on any atom is -0.492 e. The number of aromatic nitrogens is 1. The first-order chi connectivity index (χ1) is 14.4. The predicted molar refractivity (Wildman–Crippen MR) is 112 cm³/mol. The van der Waals surface area contributed by atoms with Gasteiger partial charge in [0.1, 0.15) is 11.3 Å². The van der Waals surface area contributed by atoms with Gasteiger partial charge in [0.05, 0.1) is 28.9 Å². The maximum Gasteiger partial charge on any atom is 0.341 e. The van der Waals surface area contributed by atoms with Gasteiger partial charge in [0, 0.05) is 38.0 Å². The van der Waals surface area contributed by atoms with E-state index in [1.54, 1.807) is 7.11 Å². The summed E-state index contributed by atoms with van der Waals surface area (Å²) in [5, 5.41) is 12.2. The third-order valence-corrected chi connectivity index (χ3v) is 6.77. The molecule has 30 heavy (non-hydrogen) atoms. The number of fused-ring (bicyclic) bond motifs is 7. The van der Waals surface area contributed by atoms with Crippen LogP contribution in [-0.4, -0.2) is 41.6 Å². The smallest absolute Gasteiger partial charge is 0.341 e. The summed E-state index contributed by atoms with van der Waals surface area (Å²) in [7, 11) is 1.66. The van der Waals surface area contributed by atoms with Crippen LogP contribution >= 0.6 is 11.6 Å². The van der Waals surface area contributed by atoms with Gasteiger partial charge in [-0.15, -0.1) is 0 Å². The van der Waals surface area contributed by atoms with Crippen LogP contribution in [0.1, 0.15) is 54.1 Å². The molecule has 1 atom stereocenters. The number of pyridine rings is 1. The molecule has 1 N–H and O–H groups in total. The molecule has 0 bridgehead atoms. The van der Waals surface area contributed by atoms with E-state index < -0.39 is 11.4 Å². The fraction of sp³-hybridized carbons (Fsp3) is 0.455. The van der Waals surface area contributed by atoms with Gasteiger partial charge in [-0.25, -0.2) is 4.79 Å². The van der Waals surface area contributed by atoms with Crippen LogP contribution in [0.15, 0.2) is 29.2 Å². The van der Waals surface area contributed by atoms with Crippen molar-refractivity contribution in [1.82, 2.24) is 4.68 Å². The van der Waals surface area contributed by atoms with Gasteiger partial charge in [-0.3, -0.25) is 14.5 Å². The average Bonchev–Trinajstić information content (AvgIpc) is 3.39. The third-order valence-electron chi connectivity index (χ3n) is 6.47. The van der Waals surface area contributed by atoms with Crippen molar-refractivity contribution in [2.45, 2.75) is 43.7 Å². The largest absolute Gasteiger partial charge is 0.492 e. The fourth-order valence-corrected chi connectivity index (χ4v) is 5.11. The number of nitrogens with zero attached hydrogens (tertiary/aromatic N) is 2. The summed E-state index contributed by atoms with van der Waals surface area (Å²) < 4.78 is 12.9. The van der Waals surface area contributed by atoms with Crippen molar-refractivity contribution >= 4 is 17.6 Å². The number of carboxylic acid groups (broad SMARTS) is 1. The van der Waals surface area contributed by atoms with Crippen molar-refractivity contribution in [2.24, 2.45) is 0 Å². The first kappa shape index (κ1) is 19.5. The molecule has 0 amide bonds. The van der Waals surface area contributed by atoms with E-state index in [0.29, 0.717) is 29.7 Å². The van der Waals surface area contributed by atoms with Crippen LogP contribution in [0.3, 0.4) is 0 Å². The van der Waals surface area contributed by atoms with Gasteiger partial charge < -0.3 is 14.6 Å². The average molecular weight is 431 g/mol. The highest BCUT2D eigenvalue weighted by molar-refractivity contribution is 6.32. The zero-order valence-corrected chi connectivity index (χ0v) is 17.4. The third kappa shape index (κ3) is 2.91. The molecule has 1 spiro atoms. The lowest BCUT2D eigenvalue weighted by Gasteiger charge is -2.41. The number of aromatic carboxylic acids is 1. The van der Waals surface area contributed by atoms with Gasteiger partial charge in [0.15, 0.2) is 5.43 Å². The maximum atomic E-state index is 12.5. The van der Waals surface area contributed by atoms with Gasteiger partial charge >= 0.3 is 5.97 Å². The number of carboxylic acids is 1. The quantitative estimate of drug-likeness (QED) is 0.705. The van der Waals surface area contributed by atoms with E-state index in [1.165, 1.54) is 12.3 Å². The molecule has 0 unspecified atom stereocenters. The Morgan fingerprint density at radius 2 is 2.07 bits per heavy atom. The Morgan fingerprint density at radius 3 is 2.77 bits per heavy atom. The molecule has 1 aromatic carbocycles. The summed E-state index contributed by atoms with van der Waals surface area (Å²) in [6, 6.07) is 5.34. The topological polar surface area (TPSA) is 81.0 Å². The Morgan fingerprint density at radius 1 is 1.27 bits per heavy atom. The first-order valence-corrected chi connectivity index (χ1v) is 10.6. The van der Waals surface area contributed by atoms with Gasteiger partial charge in [-0.05, 0) is 43.4 Å². The van der Waals surface area contributed by atoms with E-state index in [2.05, 4.69) is 5.01 Å². The molecular formula is C22H23ClN2O5. The summed E-state index contributed by atoms with van der Waals surface area (Å²) >= 11 is 6.52. The van der Waals surface area contributed by atoms with Crippen LogP contribution in [0.4, 0.5) is 0 Å². The molecule has 3 aliphatic rings. The molecule has 1 saturated carbocycles. The Balaban J connectivity index is 1.64. The molecule has 2 fully saturated rings. The minimum absolute atomic E-state index is 0.0427. The molecule has 1 aliphatic carbocycles. The number of ether oxygens (including phenoxy) is 2. The van der Waals surface area contributed by atoms with E-state index in [9.17, 15) is 14.7 Å². The molecule has 0 radical (unpaired) electrons. The highest BCUT2D eigenvalue weighted by atomic mass is 35.5. The number of benzene rings is 1. The molecule has 1 aromatic heterocycles. The van der Waals surface area contributed by atoms with Crippen molar-refractivity contribution in [1.29, 1.82) is 0 Å². The van der Waals surface area contributed by atoms with E-state index in [-0.39, 0.29) is 17.1 Å². The second-order valence-corrected chi connectivity index (χ2v) is 8.68. The highest BCUT2D eigenvalue weighted by Gasteiger charge is 2.57. The van der Waals surface area contributed by atoms with Gasteiger partial charge in [-0.1, -0.05) is 11.6 Å². The highest BCUT2D eigenvalue weighted by Crippen LogP contribution is 2.58. The first-order valence-electron chi connectivity index (χ1n) is 10.2. The predicted octanol–water partition coefficient (Wildman–Crippen LogP) is 3.60. The summed E-state index contributed by atoms with van der Waals surface area (Å²) in [4.78, 5) is 24.1. The summed E-state index contributed by atoms with van der Waals surface area (Å²) in [5.41, 5.74) is 1.94. The monoisotopic (exact) mass is 430 g/mol. The molecule has 8 heteroatoms. The summed E-state index contributed by atoms with van der Waals surface area (Å²) in [6.07, 6.45) is 6.38. The molecular weight excluding hydrogens is 408 g/mol. The van der Waals surface area contributed by atoms with E-state index in [1.807, 2.05) is 16.8 Å². The van der Waals surface area contributed by atoms with Crippen LogP contribution in [0.5, 0.6) is 5.75 Å². The fourth-order valence-electron chi connectivity index (χ4n) is 4.89. The number of methoxy groups -OCH3 is 1. The van der Waals surface area contributed by atoms with Gasteiger partial charge in [0.2, 0.25) is 0 Å². The lowest BCUT2D eigenvalue weighted by Crippen LogP contribution is -2.46. The molecule has 7 nitrogen and oxygen atoms in total. The standard InChI is InChI=1S/C22H23ClN2O5/c1-29-7-2-8-30-20-10-14-13(9-16(20)23)18-11-19(26)15(21(27)28)12-24(18)25-17(14)3-4-22(25)5-6-22/h9-12,17H,2-8H2,1H3,(H,27,28)/t17-/m0/s1. The van der Waals surface area contributed by atoms with Crippen molar-refractivity contribution in [2.75, 3.05) is 25.3 Å². The van der Waals surface area contributed by atoms with Crippen molar-refractivity contribution in [3.8, 4) is 17.0 Å². The molecule has 2 aliphatic heterocycles. The molecule has 3 heterocycles. The van der Waals surface area contributed by atoms with E-state index >= 15 is 0 Å². The van der Waals surface area contributed by atoms with Crippen LogP contribution < -0.4 is 15.2 Å². The number of halogens is 1. The Bertz CT molecular complexity index is 1090. The van der Waals surface area contributed by atoms with Gasteiger partial charge in [0.25, 0.3) is 0 Å². The number of hydrogen-bond acceptors (Lipinski definition) is 5. The maximum absolute atomic E-state index is 12.5.